The van der Waals surface area contributed by atoms with Crippen molar-refractivity contribution in [3.05, 3.63) is 28.2 Å². The van der Waals surface area contributed by atoms with Gasteiger partial charge in [-0.15, -0.1) is 0 Å². The average Bonchev–Trinajstić information content (AvgIpc) is 2.44. The van der Waals surface area contributed by atoms with Gasteiger partial charge in [-0.3, -0.25) is 4.79 Å². The summed E-state index contributed by atoms with van der Waals surface area (Å²) in [6.45, 7) is 0. The molecule has 20 heavy (non-hydrogen) atoms. The van der Waals surface area contributed by atoms with Crippen LogP contribution in [0, 0.1) is 5.92 Å². The number of amides is 1. The van der Waals surface area contributed by atoms with Crippen molar-refractivity contribution in [3.63, 3.8) is 0 Å². The number of anilines is 1. The molecule has 1 aliphatic rings. The maximum absolute atomic E-state index is 11.9. The highest BCUT2D eigenvalue weighted by Gasteiger charge is 2.13. The number of hydrogen-bond donors (Lipinski definition) is 1. The van der Waals surface area contributed by atoms with E-state index in [1.807, 2.05) is 0 Å². The van der Waals surface area contributed by atoms with E-state index in [2.05, 4.69) is 5.32 Å². The van der Waals surface area contributed by atoms with Crippen LogP contribution >= 0.6 is 23.2 Å². The molecule has 1 fully saturated rings. The fraction of sp³-hybridized carbons (Fsp3) is 0.562. The van der Waals surface area contributed by atoms with E-state index in [4.69, 9.17) is 23.2 Å². The van der Waals surface area contributed by atoms with Crippen molar-refractivity contribution in [1.29, 1.82) is 0 Å². The summed E-state index contributed by atoms with van der Waals surface area (Å²) in [5, 5.41) is 3.83. The summed E-state index contributed by atoms with van der Waals surface area (Å²) in [7, 11) is 0. The standard InChI is InChI=1S/C16H21Cl2NO/c17-14-10-9-13(11-15(14)18)19-16(20)8-4-7-12-5-2-1-3-6-12/h9-12H,1-8H2,(H,19,20). The molecule has 4 heteroatoms. The van der Waals surface area contributed by atoms with Crippen molar-refractivity contribution < 1.29 is 4.79 Å². The first-order valence-electron chi connectivity index (χ1n) is 7.40. The van der Waals surface area contributed by atoms with Crippen LogP contribution in [-0.4, -0.2) is 5.91 Å². The molecule has 0 heterocycles. The zero-order valence-electron chi connectivity index (χ0n) is 11.6. The van der Waals surface area contributed by atoms with Gasteiger partial charge in [-0.05, 0) is 37.0 Å². The molecule has 0 aliphatic heterocycles. The summed E-state index contributed by atoms with van der Waals surface area (Å²) in [6, 6.07) is 5.15. The molecule has 1 N–H and O–H groups in total. The summed E-state index contributed by atoms with van der Waals surface area (Å²) in [6.07, 6.45) is 9.51. The van der Waals surface area contributed by atoms with Gasteiger partial charge in [-0.25, -0.2) is 0 Å². The fourth-order valence-electron chi connectivity index (χ4n) is 2.82. The van der Waals surface area contributed by atoms with Crippen molar-refractivity contribution in [2.24, 2.45) is 5.92 Å². The molecule has 0 aromatic heterocycles. The van der Waals surface area contributed by atoms with E-state index >= 15 is 0 Å². The Balaban J connectivity index is 1.70. The second kappa shape index (κ2) is 7.90. The first-order chi connectivity index (χ1) is 9.65. The number of hydrogen-bond acceptors (Lipinski definition) is 1. The Hall–Kier alpha value is -0.730. The number of nitrogens with one attached hydrogen (secondary N) is 1. The molecule has 2 nitrogen and oxygen atoms in total. The van der Waals surface area contributed by atoms with E-state index in [1.165, 1.54) is 38.5 Å². The summed E-state index contributed by atoms with van der Waals surface area (Å²) >= 11 is 11.8. The van der Waals surface area contributed by atoms with Crippen LogP contribution < -0.4 is 5.32 Å². The molecule has 0 atom stereocenters. The zero-order chi connectivity index (χ0) is 14.4. The largest absolute Gasteiger partial charge is 0.326 e. The Morgan fingerprint density at radius 1 is 1.15 bits per heavy atom. The Morgan fingerprint density at radius 3 is 2.60 bits per heavy atom. The summed E-state index contributed by atoms with van der Waals surface area (Å²) in [5.74, 6) is 0.890. The molecular formula is C16H21Cl2NO. The van der Waals surface area contributed by atoms with Crippen molar-refractivity contribution in [1.82, 2.24) is 0 Å². The molecule has 2 rings (SSSR count). The lowest BCUT2D eigenvalue weighted by Crippen LogP contribution is -2.12. The minimum absolute atomic E-state index is 0.0548. The maximum Gasteiger partial charge on any atom is 0.224 e. The van der Waals surface area contributed by atoms with Crippen molar-refractivity contribution in [2.45, 2.75) is 51.4 Å². The third-order valence-corrected chi connectivity index (χ3v) is 4.68. The zero-order valence-corrected chi connectivity index (χ0v) is 13.1. The van der Waals surface area contributed by atoms with Crippen molar-refractivity contribution in [3.8, 4) is 0 Å². The minimum Gasteiger partial charge on any atom is -0.326 e. The lowest BCUT2D eigenvalue weighted by atomic mass is 9.86. The second-order valence-corrected chi connectivity index (χ2v) is 6.39. The molecule has 0 radical (unpaired) electrons. The molecule has 110 valence electrons. The molecule has 1 saturated carbocycles. The van der Waals surface area contributed by atoms with Gasteiger partial charge >= 0.3 is 0 Å². The van der Waals surface area contributed by atoms with Gasteiger partial charge < -0.3 is 5.32 Å². The second-order valence-electron chi connectivity index (χ2n) is 5.57. The summed E-state index contributed by atoms with van der Waals surface area (Å²) in [4.78, 5) is 11.9. The molecule has 0 saturated heterocycles. The van der Waals surface area contributed by atoms with Crippen molar-refractivity contribution >= 4 is 34.8 Å². The number of benzene rings is 1. The van der Waals surface area contributed by atoms with Gasteiger partial charge in [-0.1, -0.05) is 55.3 Å². The molecule has 0 bridgehead atoms. The van der Waals surface area contributed by atoms with Crippen LogP contribution in [0.1, 0.15) is 51.4 Å². The van der Waals surface area contributed by atoms with E-state index in [0.717, 1.165) is 12.3 Å². The predicted octanol–water partition coefficient (Wildman–Crippen LogP) is 5.68. The molecule has 1 aromatic rings. The van der Waals surface area contributed by atoms with Crippen LogP contribution in [0.3, 0.4) is 0 Å². The molecule has 1 aliphatic carbocycles. The van der Waals surface area contributed by atoms with Crippen molar-refractivity contribution in [2.75, 3.05) is 5.32 Å². The Bertz CT molecular complexity index is 456. The van der Waals surface area contributed by atoms with Crippen LogP contribution in [0.5, 0.6) is 0 Å². The first kappa shape index (κ1) is 15.7. The van der Waals surface area contributed by atoms with E-state index in [1.54, 1.807) is 18.2 Å². The molecule has 0 unspecified atom stereocenters. The number of carbonyl (C=O) groups is 1. The quantitative estimate of drug-likeness (QED) is 0.744. The number of rotatable bonds is 5. The highest BCUT2D eigenvalue weighted by molar-refractivity contribution is 6.42. The lowest BCUT2D eigenvalue weighted by molar-refractivity contribution is -0.116. The monoisotopic (exact) mass is 313 g/mol. The molecule has 0 spiro atoms. The van der Waals surface area contributed by atoms with E-state index in [9.17, 15) is 4.79 Å². The van der Waals surface area contributed by atoms with Gasteiger partial charge in [0.25, 0.3) is 0 Å². The maximum atomic E-state index is 11.9. The average molecular weight is 314 g/mol. The highest BCUT2D eigenvalue weighted by Crippen LogP contribution is 2.28. The van der Waals surface area contributed by atoms with Crippen LogP contribution in [0.15, 0.2) is 18.2 Å². The van der Waals surface area contributed by atoms with Crippen LogP contribution in [0.2, 0.25) is 10.0 Å². The SMILES string of the molecule is O=C(CCCC1CCCCC1)Nc1ccc(Cl)c(Cl)c1. The molecule has 1 aromatic carbocycles. The molecular weight excluding hydrogens is 293 g/mol. The number of carbonyl (C=O) groups excluding carboxylic acids is 1. The van der Waals surface area contributed by atoms with Gasteiger partial charge in [0, 0.05) is 12.1 Å². The Morgan fingerprint density at radius 2 is 1.90 bits per heavy atom. The summed E-state index contributed by atoms with van der Waals surface area (Å²) < 4.78 is 0. The minimum atomic E-state index is 0.0548. The van der Waals surface area contributed by atoms with E-state index < -0.39 is 0 Å². The van der Waals surface area contributed by atoms with Gasteiger partial charge in [-0.2, -0.15) is 0 Å². The summed E-state index contributed by atoms with van der Waals surface area (Å²) in [5.41, 5.74) is 0.710. The van der Waals surface area contributed by atoms with Gasteiger partial charge in [0.15, 0.2) is 0 Å². The van der Waals surface area contributed by atoms with Crippen LogP contribution in [0.4, 0.5) is 5.69 Å². The van der Waals surface area contributed by atoms with Crippen LogP contribution in [-0.2, 0) is 4.79 Å². The normalized spacial score (nSPS) is 16.1. The highest BCUT2D eigenvalue weighted by atomic mass is 35.5. The Labute approximate surface area is 130 Å². The third-order valence-electron chi connectivity index (χ3n) is 3.94. The van der Waals surface area contributed by atoms with E-state index in [-0.39, 0.29) is 5.91 Å². The van der Waals surface area contributed by atoms with Gasteiger partial charge in [0.2, 0.25) is 5.91 Å². The predicted molar refractivity (Wildman–Crippen MR) is 85.5 cm³/mol. The number of halogens is 2. The van der Waals surface area contributed by atoms with E-state index in [0.29, 0.717) is 22.2 Å². The fourth-order valence-corrected chi connectivity index (χ4v) is 3.12. The topological polar surface area (TPSA) is 29.1 Å². The third kappa shape index (κ3) is 4.99. The van der Waals surface area contributed by atoms with Gasteiger partial charge in [0.1, 0.15) is 0 Å². The smallest absolute Gasteiger partial charge is 0.224 e. The first-order valence-corrected chi connectivity index (χ1v) is 8.15. The lowest BCUT2D eigenvalue weighted by Gasteiger charge is -2.21. The molecule has 1 amide bonds. The van der Waals surface area contributed by atoms with Crippen LogP contribution in [0.25, 0.3) is 0 Å². The Kier molecular flexibility index (Phi) is 6.18. The van der Waals surface area contributed by atoms with Gasteiger partial charge in [0.05, 0.1) is 10.0 Å².